The lowest BCUT2D eigenvalue weighted by molar-refractivity contribution is 0.594. The molecular weight excluding hydrogens is 120 g/mol. The fourth-order valence-electron chi connectivity index (χ4n) is 0.715. The second-order valence-corrected chi connectivity index (χ2v) is 2.93. The summed E-state index contributed by atoms with van der Waals surface area (Å²) >= 11 is 0. The van der Waals surface area contributed by atoms with E-state index in [-0.39, 0.29) is 0 Å². The second-order valence-electron chi connectivity index (χ2n) is 2.93. The largest absolute Gasteiger partial charge is 0.0877 e. The molecule has 0 rings (SSSR count). The van der Waals surface area contributed by atoms with E-state index in [0.717, 1.165) is 5.92 Å². The summed E-state index contributed by atoms with van der Waals surface area (Å²) in [5, 5.41) is 0. The maximum atomic E-state index is 2.25. The van der Waals surface area contributed by atoms with Crippen LogP contribution in [0.5, 0.6) is 0 Å². The summed E-state index contributed by atoms with van der Waals surface area (Å²) in [6.07, 6.45) is 11.0. The molecule has 0 nitrogen and oxygen atoms in total. The van der Waals surface area contributed by atoms with E-state index in [1.807, 2.05) is 13.0 Å². The summed E-state index contributed by atoms with van der Waals surface area (Å²) < 4.78 is 0. The third kappa shape index (κ3) is 7.48. The number of hydrogen-bond donors (Lipinski definition) is 0. The van der Waals surface area contributed by atoms with E-state index in [1.54, 1.807) is 0 Å². The molecule has 0 amide bonds. The number of rotatable bonds is 4. The lowest BCUT2D eigenvalue weighted by atomic mass is 10.1. The molecular formula is C10H18. The van der Waals surface area contributed by atoms with E-state index in [1.165, 1.54) is 12.8 Å². The molecule has 58 valence electrons. The molecule has 0 saturated carbocycles. The molecule has 0 aliphatic heterocycles. The van der Waals surface area contributed by atoms with Gasteiger partial charge in [-0.1, -0.05) is 38.2 Å². The zero-order valence-corrected chi connectivity index (χ0v) is 7.30. The standard InChI is InChI=1S/C10H18/c1-4-5-6-7-8-9-10(2)3/h4-7,10H,8-9H2,1-3H3/b5-4-,7-6-. The van der Waals surface area contributed by atoms with Crippen molar-refractivity contribution in [1.29, 1.82) is 0 Å². The summed E-state index contributed by atoms with van der Waals surface area (Å²) in [4.78, 5) is 0. The highest BCUT2D eigenvalue weighted by Gasteiger charge is 1.88. The normalized spacial score (nSPS) is 12.4. The van der Waals surface area contributed by atoms with Gasteiger partial charge in [0.2, 0.25) is 0 Å². The lowest BCUT2D eigenvalue weighted by Crippen LogP contribution is -1.83. The van der Waals surface area contributed by atoms with Gasteiger partial charge in [-0.05, 0) is 25.7 Å². The molecule has 0 bridgehead atoms. The molecule has 0 aromatic carbocycles. The van der Waals surface area contributed by atoms with Crippen LogP contribution in [0.2, 0.25) is 0 Å². The minimum atomic E-state index is 0.829. The molecule has 0 aromatic rings. The molecule has 0 aliphatic rings. The zero-order chi connectivity index (χ0) is 7.82. The predicted octanol–water partition coefficient (Wildman–Crippen LogP) is 3.55. The summed E-state index contributed by atoms with van der Waals surface area (Å²) in [5.74, 6) is 0.829. The number of hydrogen-bond acceptors (Lipinski definition) is 0. The molecule has 0 radical (unpaired) electrons. The SMILES string of the molecule is C/C=C\C=C/CCC(C)C. The van der Waals surface area contributed by atoms with Crippen LogP contribution in [-0.4, -0.2) is 0 Å². The van der Waals surface area contributed by atoms with Crippen LogP contribution in [0.3, 0.4) is 0 Å². The van der Waals surface area contributed by atoms with Gasteiger partial charge in [0.15, 0.2) is 0 Å². The summed E-state index contributed by atoms with van der Waals surface area (Å²) in [6.45, 7) is 6.54. The van der Waals surface area contributed by atoms with Gasteiger partial charge < -0.3 is 0 Å². The fraction of sp³-hybridized carbons (Fsp3) is 0.600. The van der Waals surface area contributed by atoms with Crippen LogP contribution < -0.4 is 0 Å². The molecule has 0 heteroatoms. The van der Waals surface area contributed by atoms with Crippen molar-refractivity contribution in [3.8, 4) is 0 Å². The average molecular weight is 138 g/mol. The van der Waals surface area contributed by atoms with Crippen molar-refractivity contribution in [3.63, 3.8) is 0 Å². The third-order valence-corrected chi connectivity index (χ3v) is 1.35. The fourth-order valence-corrected chi connectivity index (χ4v) is 0.715. The van der Waals surface area contributed by atoms with Crippen LogP contribution in [-0.2, 0) is 0 Å². The van der Waals surface area contributed by atoms with Gasteiger partial charge in [0.05, 0.1) is 0 Å². The highest BCUT2D eigenvalue weighted by molar-refractivity contribution is 5.00. The Kier molecular flexibility index (Phi) is 6.25. The van der Waals surface area contributed by atoms with Gasteiger partial charge in [0.25, 0.3) is 0 Å². The minimum absolute atomic E-state index is 0.829. The minimum Gasteiger partial charge on any atom is -0.0877 e. The molecule has 0 aliphatic carbocycles. The van der Waals surface area contributed by atoms with Gasteiger partial charge in [-0.15, -0.1) is 0 Å². The molecule has 0 N–H and O–H groups in total. The van der Waals surface area contributed by atoms with Crippen molar-refractivity contribution >= 4 is 0 Å². The van der Waals surface area contributed by atoms with Crippen LogP contribution in [0.4, 0.5) is 0 Å². The average Bonchev–Trinajstić information content (AvgIpc) is 1.87. The molecule has 0 heterocycles. The Labute approximate surface area is 64.6 Å². The van der Waals surface area contributed by atoms with Crippen molar-refractivity contribution in [2.24, 2.45) is 5.92 Å². The Balaban J connectivity index is 3.18. The van der Waals surface area contributed by atoms with Crippen LogP contribution in [0, 0.1) is 5.92 Å². The topological polar surface area (TPSA) is 0 Å². The molecule has 0 spiro atoms. The van der Waals surface area contributed by atoms with Gasteiger partial charge in [-0.25, -0.2) is 0 Å². The smallest absolute Gasteiger partial charge is 0.0345 e. The number of allylic oxidation sites excluding steroid dienone is 4. The maximum absolute atomic E-state index is 2.25. The Morgan fingerprint density at radius 3 is 2.40 bits per heavy atom. The lowest BCUT2D eigenvalue weighted by Gasteiger charge is -1.97. The Morgan fingerprint density at radius 2 is 1.90 bits per heavy atom. The molecule has 0 saturated heterocycles. The monoisotopic (exact) mass is 138 g/mol. The van der Waals surface area contributed by atoms with E-state index < -0.39 is 0 Å². The van der Waals surface area contributed by atoms with Crippen molar-refractivity contribution in [3.05, 3.63) is 24.3 Å². The summed E-state index contributed by atoms with van der Waals surface area (Å²) in [5.41, 5.74) is 0. The van der Waals surface area contributed by atoms with Gasteiger partial charge in [0, 0.05) is 0 Å². The van der Waals surface area contributed by atoms with E-state index in [2.05, 4.69) is 32.1 Å². The van der Waals surface area contributed by atoms with Crippen molar-refractivity contribution in [2.45, 2.75) is 33.6 Å². The highest BCUT2D eigenvalue weighted by Crippen LogP contribution is 2.03. The Hall–Kier alpha value is -0.520. The van der Waals surface area contributed by atoms with Crippen molar-refractivity contribution < 1.29 is 0 Å². The van der Waals surface area contributed by atoms with Crippen LogP contribution in [0.25, 0.3) is 0 Å². The first-order valence-corrected chi connectivity index (χ1v) is 4.05. The van der Waals surface area contributed by atoms with E-state index in [4.69, 9.17) is 0 Å². The van der Waals surface area contributed by atoms with Crippen LogP contribution in [0.15, 0.2) is 24.3 Å². The predicted molar refractivity (Wildman–Crippen MR) is 48.0 cm³/mol. The second kappa shape index (κ2) is 6.60. The van der Waals surface area contributed by atoms with E-state index in [9.17, 15) is 0 Å². The first-order chi connectivity index (χ1) is 4.77. The first-order valence-electron chi connectivity index (χ1n) is 4.05. The maximum Gasteiger partial charge on any atom is -0.0345 e. The van der Waals surface area contributed by atoms with E-state index >= 15 is 0 Å². The highest BCUT2D eigenvalue weighted by atomic mass is 13.9. The molecule has 0 fully saturated rings. The first kappa shape index (κ1) is 9.48. The van der Waals surface area contributed by atoms with Gasteiger partial charge in [-0.3, -0.25) is 0 Å². The molecule has 0 atom stereocenters. The van der Waals surface area contributed by atoms with Crippen LogP contribution >= 0.6 is 0 Å². The zero-order valence-electron chi connectivity index (χ0n) is 7.30. The Morgan fingerprint density at radius 1 is 1.20 bits per heavy atom. The van der Waals surface area contributed by atoms with Crippen molar-refractivity contribution in [2.75, 3.05) is 0 Å². The van der Waals surface area contributed by atoms with Crippen LogP contribution in [0.1, 0.15) is 33.6 Å². The Bertz CT molecular complexity index is 107. The molecule has 0 unspecified atom stereocenters. The molecule has 10 heavy (non-hydrogen) atoms. The van der Waals surface area contributed by atoms with Gasteiger partial charge in [0.1, 0.15) is 0 Å². The van der Waals surface area contributed by atoms with Crippen molar-refractivity contribution in [1.82, 2.24) is 0 Å². The van der Waals surface area contributed by atoms with E-state index in [0.29, 0.717) is 0 Å². The third-order valence-electron chi connectivity index (χ3n) is 1.35. The van der Waals surface area contributed by atoms with Gasteiger partial charge in [-0.2, -0.15) is 0 Å². The van der Waals surface area contributed by atoms with Gasteiger partial charge >= 0.3 is 0 Å². The summed E-state index contributed by atoms with van der Waals surface area (Å²) in [6, 6.07) is 0. The quantitative estimate of drug-likeness (QED) is 0.521. The molecule has 0 aromatic heterocycles. The summed E-state index contributed by atoms with van der Waals surface area (Å²) in [7, 11) is 0.